The second-order valence-corrected chi connectivity index (χ2v) is 10.4. The van der Waals surface area contributed by atoms with Gasteiger partial charge in [-0.2, -0.15) is 4.31 Å². The first-order valence-corrected chi connectivity index (χ1v) is 12.5. The molecular formula is C24H32N2O4S. The number of rotatable bonds is 8. The lowest BCUT2D eigenvalue weighted by Crippen LogP contribution is -2.46. The Morgan fingerprint density at radius 2 is 1.84 bits per heavy atom. The maximum Gasteiger partial charge on any atom is 0.243 e. The van der Waals surface area contributed by atoms with E-state index in [1.54, 1.807) is 23.5 Å². The zero-order valence-electron chi connectivity index (χ0n) is 18.2. The van der Waals surface area contributed by atoms with Crippen LogP contribution in [-0.4, -0.2) is 58.3 Å². The molecule has 31 heavy (non-hydrogen) atoms. The number of ether oxygens (including phenoxy) is 2. The van der Waals surface area contributed by atoms with Crippen LogP contribution < -0.4 is 5.32 Å². The van der Waals surface area contributed by atoms with E-state index in [2.05, 4.69) is 17.4 Å². The molecule has 168 valence electrons. The number of hydrogen-bond donors (Lipinski definition) is 1. The van der Waals surface area contributed by atoms with Gasteiger partial charge in [0.05, 0.1) is 17.1 Å². The highest BCUT2D eigenvalue weighted by atomic mass is 32.2. The van der Waals surface area contributed by atoms with Gasteiger partial charge in [-0.3, -0.25) is 0 Å². The minimum atomic E-state index is -3.51. The monoisotopic (exact) mass is 444 g/mol. The van der Waals surface area contributed by atoms with E-state index in [9.17, 15) is 8.42 Å². The highest BCUT2D eigenvalue weighted by Crippen LogP contribution is 2.37. The summed E-state index contributed by atoms with van der Waals surface area (Å²) in [6.45, 7) is 4.12. The highest BCUT2D eigenvalue weighted by molar-refractivity contribution is 7.89. The summed E-state index contributed by atoms with van der Waals surface area (Å²) in [6.07, 6.45) is 3.70. The van der Waals surface area contributed by atoms with Crippen molar-refractivity contribution < 1.29 is 17.9 Å². The fourth-order valence-electron chi connectivity index (χ4n) is 4.49. The van der Waals surface area contributed by atoms with Crippen LogP contribution in [0.3, 0.4) is 0 Å². The van der Waals surface area contributed by atoms with Crippen molar-refractivity contribution in [1.29, 1.82) is 0 Å². The number of nitrogens with one attached hydrogen (secondary N) is 1. The van der Waals surface area contributed by atoms with Crippen molar-refractivity contribution in [2.24, 2.45) is 0 Å². The second-order valence-electron chi connectivity index (χ2n) is 8.43. The highest BCUT2D eigenvalue weighted by Gasteiger charge is 2.41. The maximum absolute atomic E-state index is 13.3. The fourth-order valence-corrected chi connectivity index (χ4v) is 5.98. The molecule has 0 aromatic heterocycles. The van der Waals surface area contributed by atoms with Gasteiger partial charge in [0, 0.05) is 39.9 Å². The van der Waals surface area contributed by atoms with Crippen molar-refractivity contribution in [3.8, 4) is 11.1 Å². The molecular weight excluding hydrogens is 412 g/mol. The average Bonchev–Trinajstić information content (AvgIpc) is 3.25. The Kier molecular flexibility index (Phi) is 7.08. The van der Waals surface area contributed by atoms with E-state index in [4.69, 9.17) is 9.47 Å². The van der Waals surface area contributed by atoms with Crippen molar-refractivity contribution in [3.05, 3.63) is 54.1 Å². The summed E-state index contributed by atoms with van der Waals surface area (Å²) < 4.78 is 39.1. The third-order valence-electron chi connectivity index (χ3n) is 6.39. The molecule has 2 aromatic carbocycles. The van der Waals surface area contributed by atoms with Gasteiger partial charge in [-0.25, -0.2) is 8.42 Å². The molecule has 6 nitrogen and oxygen atoms in total. The predicted molar refractivity (Wildman–Crippen MR) is 121 cm³/mol. The van der Waals surface area contributed by atoms with Crippen LogP contribution in [0.2, 0.25) is 0 Å². The zero-order valence-corrected chi connectivity index (χ0v) is 19.0. The molecule has 2 heterocycles. The molecule has 0 amide bonds. The number of hydrogen-bond acceptors (Lipinski definition) is 5. The average molecular weight is 445 g/mol. The number of methoxy groups -OCH3 is 1. The number of nitrogens with zero attached hydrogens (tertiary/aromatic N) is 1. The van der Waals surface area contributed by atoms with Crippen LogP contribution in [-0.2, 0) is 26.0 Å². The Balaban J connectivity index is 1.44. The molecule has 4 rings (SSSR count). The van der Waals surface area contributed by atoms with Gasteiger partial charge in [-0.05, 0) is 54.5 Å². The number of sulfonamides is 1. The Labute approximate surface area is 185 Å². The Hall–Kier alpha value is -1.77. The van der Waals surface area contributed by atoms with Gasteiger partial charge in [0.25, 0.3) is 0 Å². The summed E-state index contributed by atoms with van der Waals surface area (Å²) in [6, 6.07) is 15.5. The van der Waals surface area contributed by atoms with Gasteiger partial charge in [-0.15, -0.1) is 0 Å². The van der Waals surface area contributed by atoms with Gasteiger partial charge in [0.2, 0.25) is 10.0 Å². The Morgan fingerprint density at radius 3 is 2.52 bits per heavy atom. The molecule has 7 heteroatoms. The zero-order chi connectivity index (χ0) is 21.7. The van der Waals surface area contributed by atoms with Crippen LogP contribution in [0, 0.1) is 0 Å². The molecule has 2 aromatic rings. The summed E-state index contributed by atoms with van der Waals surface area (Å²) in [5, 5.41) is 3.33. The molecule has 0 bridgehead atoms. The van der Waals surface area contributed by atoms with Crippen molar-refractivity contribution in [3.63, 3.8) is 0 Å². The van der Waals surface area contributed by atoms with E-state index in [0.29, 0.717) is 24.6 Å². The SMILES string of the molecule is COCCNCc1ccc(-c2cccc(S(=O)(=O)N3CCC4(CCCO4)CC3)c2)cc1. The van der Waals surface area contributed by atoms with E-state index >= 15 is 0 Å². The quantitative estimate of drug-likeness (QED) is 0.632. The molecule has 2 aliphatic rings. The van der Waals surface area contributed by atoms with Gasteiger partial charge < -0.3 is 14.8 Å². The van der Waals surface area contributed by atoms with E-state index in [1.165, 1.54) is 5.56 Å². The van der Waals surface area contributed by atoms with E-state index < -0.39 is 10.0 Å². The summed E-state index contributed by atoms with van der Waals surface area (Å²) in [5.41, 5.74) is 3.01. The van der Waals surface area contributed by atoms with Crippen molar-refractivity contribution in [2.75, 3.05) is 40.0 Å². The first kappa shape index (κ1) is 22.4. The smallest absolute Gasteiger partial charge is 0.243 e. The minimum Gasteiger partial charge on any atom is -0.383 e. The van der Waals surface area contributed by atoms with E-state index in [1.807, 2.05) is 24.3 Å². The van der Waals surface area contributed by atoms with Gasteiger partial charge >= 0.3 is 0 Å². The largest absolute Gasteiger partial charge is 0.383 e. The molecule has 0 atom stereocenters. The summed E-state index contributed by atoms with van der Waals surface area (Å²) in [5.74, 6) is 0. The molecule has 2 fully saturated rings. The van der Waals surface area contributed by atoms with E-state index in [-0.39, 0.29) is 5.60 Å². The lowest BCUT2D eigenvalue weighted by Gasteiger charge is -2.37. The third kappa shape index (κ3) is 5.18. The number of benzene rings is 2. The lowest BCUT2D eigenvalue weighted by molar-refractivity contribution is -0.0309. The van der Waals surface area contributed by atoms with Crippen LogP contribution >= 0.6 is 0 Å². The van der Waals surface area contributed by atoms with Crippen LogP contribution in [0.5, 0.6) is 0 Å². The number of piperidine rings is 1. The second kappa shape index (κ2) is 9.79. The molecule has 2 saturated heterocycles. The summed E-state index contributed by atoms with van der Waals surface area (Å²) >= 11 is 0. The van der Waals surface area contributed by atoms with Crippen LogP contribution in [0.15, 0.2) is 53.4 Å². The maximum atomic E-state index is 13.3. The van der Waals surface area contributed by atoms with Crippen molar-refractivity contribution in [2.45, 2.75) is 42.7 Å². The minimum absolute atomic E-state index is 0.0893. The molecule has 1 N–H and O–H groups in total. The van der Waals surface area contributed by atoms with Crippen LogP contribution in [0.1, 0.15) is 31.2 Å². The molecule has 2 aliphatic heterocycles. The van der Waals surface area contributed by atoms with Gasteiger partial charge in [0.15, 0.2) is 0 Å². The van der Waals surface area contributed by atoms with Crippen molar-refractivity contribution in [1.82, 2.24) is 9.62 Å². The third-order valence-corrected chi connectivity index (χ3v) is 8.28. The summed E-state index contributed by atoms with van der Waals surface area (Å²) in [7, 11) is -1.82. The normalized spacial score (nSPS) is 19.1. The van der Waals surface area contributed by atoms with Crippen LogP contribution in [0.25, 0.3) is 11.1 Å². The van der Waals surface area contributed by atoms with Gasteiger partial charge in [0.1, 0.15) is 0 Å². The predicted octanol–water partition coefficient (Wildman–Crippen LogP) is 3.42. The van der Waals surface area contributed by atoms with Crippen LogP contribution in [0.4, 0.5) is 0 Å². The van der Waals surface area contributed by atoms with Crippen molar-refractivity contribution >= 4 is 10.0 Å². The molecule has 0 unspecified atom stereocenters. The molecule has 0 saturated carbocycles. The van der Waals surface area contributed by atoms with E-state index in [0.717, 1.165) is 56.5 Å². The summed E-state index contributed by atoms with van der Waals surface area (Å²) in [4.78, 5) is 0.360. The first-order valence-electron chi connectivity index (χ1n) is 11.1. The Bertz CT molecular complexity index is 959. The molecule has 0 aliphatic carbocycles. The first-order chi connectivity index (χ1) is 15.0. The van der Waals surface area contributed by atoms with Gasteiger partial charge in [-0.1, -0.05) is 36.4 Å². The lowest BCUT2D eigenvalue weighted by atomic mass is 9.90. The fraction of sp³-hybridized carbons (Fsp3) is 0.500. The topological polar surface area (TPSA) is 67.9 Å². The standard InChI is InChI=1S/C24H32N2O4S/c1-29-17-13-25-19-20-6-8-21(9-7-20)22-4-2-5-23(18-22)31(27,28)26-14-11-24(12-15-26)10-3-16-30-24/h2,4-9,18,25H,3,10-17,19H2,1H3. The molecule has 0 radical (unpaired) electrons. The Morgan fingerprint density at radius 1 is 1.06 bits per heavy atom. The molecule has 1 spiro atoms.